The van der Waals surface area contributed by atoms with Crippen LogP contribution in [0.5, 0.6) is 0 Å². The van der Waals surface area contributed by atoms with Crippen molar-refractivity contribution in [1.82, 2.24) is 5.43 Å². The second kappa shape index (κ2) is 9.27. The number of nitro groups is 1. The highest BCUT2D eigenvalue weighted by Gasteiger charge is 2.24. The van der Waals surface area contributed by atoms with Crippen LogP contribution in [-0.4, -0.2) is 37.1 Å². The molecule has 1 saturated heterocycles. The average molecular weight is 418 g/mol. The fourth-order valence-electron chi connectivity index (χ4n) is 3.49. The third-order valence-electron chi connectivity index (χ3n) is 5.03. The number of para-hydroxylation sites is 2. The Morgan fingerprint density at radius 2 is 1.52 bits per heavy atom. The number of carbonyl (C=O) groups is 1. The number of nitro benzene ring substituents is 1. The van der Waals surface area contributed by atoms with E-state index in [1.165, 1.54) is 12.1 Å². The molecule has 0 aliphatic carbocycles. The topological polar surface area (TPSA) is 88.0 Å². The molecule has 0 atom stereocenters. The van der Waals surface area contributed by atoms with E-state index in [1.54, 1.807) is 11.1 Å². The zero-order valence-corrected chi connectivity index (χ0v) is 16.8. The third kappa shape index (κ3) is 4.65. The van der Waals surface area contributed by atoms with Crippen LogP contribution in [-0.2, 0) is 4.74 Å². The van der Waals surface area contributed by atoms with Crippen LogP contribution < -0.4 is 15.3 Å². The maximum atomic E-state index is 13.4. The molecule has 158 valence electrons. The van der Waals surface area contributed by atoms with Gasteiger partial charge in [0, 0.05) is 25.2 Å². The largest absolute Gasteiger partial charge is 0.378 e. The van der Waals surface area contributed by atoms with Gasteiger partial charge in [-0.15, -0.1) is 0 Å². The highest BCUT2D eigenvalue weighted by atomic mass is 16.6. The summed E-state index contributed by atoms with van der Waals surface area (Å²) in [6, 6.07) is 23.2. The summed E-state index contributed by atoms with van der Waals surface area (Å²) in [6.45, 7) is 2.30. The molecule has 4 rings (SSSR count). The fourth-order valence-corrected chi connectivity index (χ4v) is 3.49. The summed E-state index contributed by atoms with van der Waals surface area (Å²) in [5.74, 6) is -0.433. The maximum absolute atomic E-state index is 13.4. The van der Waals surface area contributed by atoms with E-state index < -0.39 is 10.8 Å². The predicted molar refractivity (Wildman–Crippen MR) is 119 cm³/mol. The summed E-state index contributed by atoms with van der Waals surface area (Å²) < 4.78 is 5.41. The van der Waals surface area contributed by atoms with E-state index in [-0.39, 0.29) is 11.3 Å². The quantitative estimate of drug-likeness (QED) is 0.482. The minimum atomic E-state index is -0.494. The van der Waals surface area contributed by atoms with Crippen molar-refractivity contribution in [3.05, 3.63) is 94.5 Å². The Balaban J connectivity index is 1.71. The number of rotatable bonds is 6. The molecule has 1 aliphatic rings. The number of amides is 1. The number of nitrogens with one attached hydrogen (secondary N) is 1. The standard InChI is InChI=1S/C23H22N4O4/c28-23(24-26(18-7-3-1-4-8-18)19-9-5-2-6-10-19)21-17-20(27(29)30)11-12-22(21)25-13-15-31-16-14-25/h1-12,17H,13-16H2,(H,24,28). The molecule has 8 nitrogen and oxygen atoms in total. The van der Waals surface area contributed by atoms with Gasteiger partial charge in [0.25, 0.3) is 11.6 Å². The summed E-state index contributed by atoms with van der Waals surface area (Å²) >= 11 is 0. The van der Waals surface area contributed by atoms with Gasteiger partial charge in [0.05, 0.1) is 40.8 Å². The minimum absolute atomic E-state index is 0.131. The number of anilines is 3. The van der Waals surface area contributed by atoms with Gasteiger partial charge in [0.1, 0.15) is 0 Å². The molecular weight excluding hydrogens is 396 g/mol. The van der Waals surface area contributed by atoms with Crippen LogP contribution in [0.15, 0.2) is 78.9 Å². The number of hydrogen-bond acceptors (Lipinski definition) is 6. The van der Waals surface area contributed by atoms with Gasteiger partial charge in [0.15, 0.2) is 0 Å². The highest BCUT2D eigenvalue weighted by molar-refractivity contribution is 6.01. The van der Waals surface area contributed by atoms with Crippen molar-refractivity contribution in [3.63, 3.8) is 0 Å². The molecule has 0 unspecified atom stereocenters. The van der Waals surface area contributed by atoms with E-state index in [0.717, 1.165) is 11.4 Å². The van der Waals surface area contributed by atoms with E-state index in [2.05, 4.69) is 5.43 Å². The molecule has 0 saturated carbocycles. The van der Waals surface area contributed by atoms with Crippen LogP contribution >= 0.6 is 0 Å². The lowest BCUT2D eigenvalue weighted by Crippen LogP contribution is -2.41. The summed E-state index contributed by atoms with van der Waals surface area (Å²) in [4.78, 5) is 26.3. The number of non-ortho nitro benzene ring substituents is 1. The lowest BCUT2D eigenvalue weighted by molar-refractivity contribution is -0.384. The molecule has 0 spiro atoms. The number of nitrogens with zero attached hydrogens (tertiary/aromatic N) is 3. The predicted octanol–water partition coefficient (Wildman–Crippen LogP) is 3.91. The molecule has 0 aromatic heterocycles. The third-order valence-corrected chi connectivity index (χ3v) is 5.03. The fraction of sp³-hybridized carbons (Fsp3) is 0.174. The van der Waals surface area contributed by atoms with Gasteiger partial charge in [-0.3, -0.25) is 25.3 Å². The first-order chi connectivity index (χ1) is 15.1. The summed E-state index contributed by atoms with van der Waals surface area (Å²) in [5, 5.41) is 13.0. The molecule has 1 heterocycles. The lowest BCUT2D eigenvalue weighted by atomic mass is 10.1. The monoisotopic (exact) mass is 418 g/mol. The van der Waals surface area contributed by atoms with E-state index >= 15 is 0 Å². The smallest absolute Gasteiger partial charge is 0.272 e. The van der Waals surface area contributed by atoms with Gasteiger partial charge >= 0.3 is 0 Å². The zero-order valence-electron chi connectivity index (χ0n) is 16.8. The Kier molecular flexibility index (Phi) is 6.09. The normalized spacial score (nSPS) is 13.5. The minimum Gasteiger partial charge on any atom is -0.378 e. The van der Waals surface area contributed by atoms with E-state index in [4.69, 9.17) is 4.74 Å². The first kappa shape index (κ1) is 20.4. The zero-order chi connectivity index (χ0) is 21.6. The van der Waals surface area contributed by atoms with Crippen molar-refractivity contribution in [2.45, 2.75) is 0 Å². The van der Waals surface area contributed by atoms with Crippen LogP contribution in [0.25, 0.3) is 0 Å². The van der Waals surface area contributed by atoms with Crippen LogP contribution in [0, 0.1) is 10.1 Å². The number of hydrazine groups is 1. The Hall–Kier alpha value is -3.91. The second-order valence-electron chi connectivity index (χ2n) is 7.01. The Morgan fingerprint density at radius 1 is 0.935 bits per heavy atom. The first-order valence-corrected chi connectivity index (χ1v) is 9.96. The number of ether oxygens (including phenoxy) is 1. The molecule has 0 radical (unpaired) electrons. The van der Waals surface area contributed by atoms with Gasteiger partial charge in [-0.25, -0.2) is 0 Å². The van der Waals surface area contributed by atoms with Gasteiger partial charge in [0.2, 0.25) is 0 Å². The molecule has 1 aliphatic heterocycles. The molecule has 1 fully saturated rings. The van der Waals surface area contributed by atoms with Gasteiger partial charge in [-0.05, 0) is 30.3 Å². The van der Waals surface area contributed by atoms with E-state index in [9.17, 15) is 14.9 Å². The molecule has 3 aromatic rings. The highest BCUT2D eigenvalue weighted by Crippen LogP contribution is 2.28. The Labute approximate surface area is 179 Å². The van der Waals surface area contributed by atoms with Gasteiger partial charge < -0.3 is 9.64 Å². The van der Waals surface area contributed by atoms with Crippen LogP contribution in [0.3, 0.4) is 0 Å². The molecule has 0 bridgehead atoms. The molecule has 1 N–H and O–H groups in total. The average Bonchev–Trinajstić information content (AvgIpc) is 2.83. The molecule has 31 heavy (non-hydrogen) atoms. The van der Waals surface area contributed by atoms with Crippen molar-refractivity contribution in [3.8, 4) is 0 Å². The summed E-state index contributed by atoms with van der Waals surface area (Å²) in [7, 11) is 0. The molecule has 8 heteroatoms. The van der Waals surface area contributed by atoms with Crippen molar-refractivity contribution in [1.29, 1.82) is 0 Å². The molecule has 3 aromatic carbocycles. The summed E-state index contributed by atoms with van der Waals surface area (Å²) in [5.41, 5.74) is 5.21. The van der Waals surface area contributed by atoms with Crippen LogP contribution in [0.4, 0.5) is 22.7 Å². The molecular formula is C23H22N4O4. The summed E-state index contributed by atoms with van der Waals surface area (Å²) in [6.07, 6.45) is 0. The Morgan fingerprint density at radius 3 is 2.06 bits per heavy atom. The van der Waals surface area contributed by atoms with Gasteiger partial charge in [-0.2, -0.15) is 0 Å². The number of hydrogen-bond donors (Lipinski definition) is 1. The number of benzene rings is 3. The van der Waals surface area contributed by atoms with Crippen LogP contribution in [0.2, 0.25) is 0 Å². The lowest BCUT2D eigenvalue weighted by Gasteiger charge is -2.31. The second-order valence-corrected chi connectivity index (χ2v) is 7.01. The van der Waals surface area contributed by atoms with E-state index in [1.807, 2.05) is 65.6 Å². The van der Waals surface area contributed by atoms with Crippen molar-refractivity contribution in [2.75, 3.05) is 36.2 Å². The Bertz CT molecular complexity index is 1010. The van der Waals surface area contributed by atoms with Crippen molar-refractivity contribution < 1.29 is 14.5 Å². The van der Waals surface area contributed by atoms with Crippen molar-refractivity contribution >= 4 is 28.7 Å². The van der Waals surface area contributed by atoms with Crippen LogP contribution in [0.1, 0.15) is 10.4 Å². The number of morpholine rings is 1. The van der Waals surface area contributed by atoms with E-state index in [0.29, 0.717) is 32.0 Å². The maximum Gasteiger partial charge on any atom is 0.272 e. The van der Waals surface area contributed by atoms with Gasteiger partial charge in [-0.1, -0.05) is 36.4 Å². The molecule has 1 amide bonds. The first-order valence-electron chi connectivity index (χ1n) is 9.96. The SMILES string of the molecule is O=C(NN(c1ccccc1)c1ccccc1)c1cc([N+](=O)[O-])ccc1N1CCOCC1. The van der Waals surface area contributed by atoms with Crippen molar-refractivity contribution in [2.24, 2.45) is 0 Å². The number of carbonyl (C=O) groups excluding carboxylic acids is 1.